The van der Waals surface area contributed by atoms with Crippen molar-refractivity contribution in [1.82, 2.24) is 0 Å². The third-order valence-corrected chi connectivity index (χ3v) is 13.1. The van der Waals surface area contributed by atoms with Crippen LogP contribution in [0.15, 0.2) is 200 Å². The van der Waals surface area contributed by atoms with E-state index in [1.165, 1.54) is 84.5 Å². The van der Waals surface area contributed by atoms with Crippen molar-refractivity contribution in [3.63, 3.8) is 0 Å². The van der Waals surface area contributed by atoms with Crippen LogP contribution in [0.25, 0.3) is 84.5 Å². The lowest BCUT2D eigenvalue weighted by atomic mass is 9.98. The molecule has 0 unspecified atom stereocenters. The quantitative estimate of drug-likeness (QED) is 0.164. The highest BCUT2D eigenvalue weighted by Crippen LogP contribution is 2.43. The predicted octanol–water partition coefficient (Wildman–Crippen LogP) is 16.0. The molecule has 11 aromatic rings. The summed E-state index contributed by atoms with van der Waals surface area (Å²) in [4.78, 5) is 2.38. The number of nitrogens with zero attached hydrogens (tertiary/aromatic N) is 1. The van der Waals surface area contributed by atoms with Gasteiger partial charge in [-0.05, 0) is 117 Å². The van der Waals surface area contributed by atoms with Gasteiger partial charge in [0.05, 0.1) is 0 Å². The van der Waals surface area contributed by atoms with E-state index in [1.807, 2.05) is 22.7 Å². The summed E-state index contributed by atoms with van der Waals surface area (Å²) in [6.45, 7) is 0. The molecule has 0 amide bonds. The third-order valence-electron chi connectivity index (χ3n) is 10.8. The van der Waals surface area contributed by atoms with Gasteiger partial charge in [0.2, 0.25) is 0 Å². The van der Waals surface area contributed by atoms with Gasteiger partial charge in [0.15, 0.2) is 0 Å². The van der Waals surface area contributed by atoms with E-state index in [0.717, 1.165) is 17.1 Å². The zero-order valence-electron chi connectivity index (χ0n) is 29.8. The van der Waals surface area contributed by atoms with Crippen LogP contribution in [-0.4, -0.2) is 0 Å². The van der Waals surface area contributed by atoms with Crippen molar-refractivity contribution in [2.24, 2.45) is 0 Å². The Kier molecular flexibility index (Phi) is 7.61. The van der Waals surface area contributed by atoms with Crippen LogP contribution >= 0.6 is 22.7 Å². The van der Waals surface area contributed by atoms with Crippen LogP contribution in [0.2, 0.25) is 0 Å². The minimum atomic E-state index is 1.11. The van der Waals surface area contributed by atoms with Gasteiger partial charge in [-0.3, -0.25) is 0 Å². The molecule has 0 radical (unpaired) electrons. The number of hydrogen-bond donors (Lipinski definition) is 0. The van der Waals surface area contributed by atoms with Gasteiger partial charge in [-0.15, -0.1) is 22.7 Å². The van der Waals surface area contributed by atoms with E-state index >= 15 is 0 Å². The lowest BCUT2D eigenvalue weighted by Gasteiger charge is -2.26. The zero-order valence-corrected chi connectivity index (χ0v) is 31.4. The zero-order chi connectivity index (χ0) is 36.3. The molecular formula is C52H33NS2. The molecule has 2 heterocycles. The van der Waals surface area contributed by atoms with E-state index in [-0.39, 0.29) is 0 Å². The standard InChI is InChI=1S/C52H33NS2/c1-2-10-34(11-3-1)35-22-26-41(27-23-35)53(43-13-8-12-39(31-43)44-16-9-19-50-52(44)46-15-5-7-18-49(46)54-50)42-28-24-36(25-29-42)37-20-21-38-33-51-47(32-40(38)30-37)45-14-4-6-17-48(45)55-51/h1-33H. The van der Waals surface area contributed by atoms with Crippen LogP contribution in [0.4, 0.5) is 17.1 Å². The minimum absolute atomic E-state index is 1.11. The number of fused-ring (bicyclic) bond motifs is 7. The summed E-state index contributed by atoms with van der Waals surface area (Å²) < 4.78 is 5.31. The second-order valence-corrected chi connectivity index (χ2v) is 16.3. The van der Waals surface area contributed by atoms with E-state index in [0.29, 0.717) is 0 Å². The fraction of sp³-hybridized carbons (Fsp3) is 0. The van der Waals surface area contributed by atoms with Crippen molar-refractivity contribution < 1.29 is 0 Å². The smallest absolute Gasteiger partial charge is 0.0467 e. The maximum absolute atomic E-state index is 2.38. The molecule has 11 rings (SSSR count). The first-order valence-electron chi connectivity index (χ1n) is 18.7. The van der Waals surface area contributed by atoms with Crippen LogP contribution in [0, 0.1) is 0 Å². The Hall–Kier alpha value is -6.52. The van der Waals surface area contributed by atoms with E-state index in [9.17, 15) is 0 Å². The normalized spacial score (nSPS) is 11.6. The van der Waals surface area contributed by atoms with Gasteiger partial charge in [0, 0.05) is 57.4 Å². The molecule has 0 fully saturated rings. The van der Waals surface area contributed by atoms with E-state index < -0.39 is 0 Å². The highest BCUT2D eigenvalue weighted by molar-refractivity contribution is 7.26. The molecule has 0 spiro atoms. The molecule has 0 aliphatic rings. The molecule has 0 saturated heterocycles. The van der Waals surface area contributed by atoms with Crippen molar-refractivity contribution in [2.45, 2.75) is 0 Å². The van der Waals surface area contributed by atoms with Crippen LogP contribution in [0.5, 0.6) is 0 Å². The van der Waals surface area contributed by atoms with E-state index in [2.05, 4.69) is 205 Å². The number of thiophene rings is 2. The monoisotopic (exact) mass is 735 g/mol. The SMILES string of the molecule is c1ccc(-c2ccc(N(c3ccc(-c4ccc5cc6sc7ccccc7c6cc5c4)cc3)c3cccc(-c4cccc5sc6ccccc6c45)c3)cc2)cc1. The second-order valence-electron chi connectivity index (χ2n) is 14.1. The summed E-state index contributed by atoms with van der Waals surface area (Å²) in [5, 5.41) is 7.85. The van der Waals surface area contributed by atoms with Crippen molar-refractivity contribution >= 4 is 90.9 Å². The lowest BCUT2D eigenvalue weighted by molar-refractivity contribution is 1.28. The van der Waals surface area contributed by atoms with Crippen molar-refractivity contribution in [1.29, 1.82) is 0 Å². The third kappa shape index (κ3) is 5.60. The predicted molar refractivity (Wildman–Crippen MR) is 241 cm³/mol. The Morgan fingerprint density at radius 1 is 0.291 bits per heavy atom. The van der Waals surface area contributed by atoms with Gasteiger partial charge in [-0.25, -0.2) is 0 Å². The molecule has 258 valence electrons. The molecule has 0 N–H and O–H groups in total. The van der Waals surface area contributed by atoms with Gasteiger partial charge in [0.1, 0.15) is 0 Å². The lowest BCUT2D eigenvalue weighted by Crippen LogP contribution is -2.10. The number of anilines is 3. The molecule has 9 aromatic carbocycles. The average molecular weight is 736 g/mol. The Balaban J connectivity index is 1.01. The second kappa shape index (κ2) is 13.1. The van der Waals surface area contributed by atoms with Gasteiger partial charge < -0.3 is 4.90 Å². The molecule has 3 heteroatoms. The summed E-state index contributed by atoms with van der Waals surface area (Å²) in [5.41, 5.74) is 10.6. The Morgan fingerprint density at radius 3 is 1.65 bits per heavy atom. The van der Waals surface area contributed by atoms with Crippen molar-refractivity contribution in [3.8, 4) is 33.4 Å². The molecule has 0 atom stereocenters. The molecular weight excluding hydrogens is 703 g/mol. The van der Waals surface area contributed by atoms with Gasteiger partial charge in [-0.1, -0.05) is 127 Å². The first kappa shape index (κ1) is 32.0. The van der Waals surface area contributed by atoms with Gasteiger partial charge in [0.25, 0.3) is 0 Å². The molecule has 0 saturated carbocycles. The van der Waals surface area contributed by atoms with Crippen LogP contribution in [-0.2, 0) is 0 Å². The average Bonchev–Trinajstić information content (AvgIpc) is 3.82. The number of benzene rings is 9. The summed E-state index contributed by atoms with van der Waals surface area (Å²) in [7, 11) is 0. The Bertz CT molecular complexity index is 3190. The molecule has 2 aromatic heterocycles. The highest BCUT2D eigenvalue weighted by atomic mass is 32.1. The van der Waals surface area contributed by atoms with Crippen LogP contribution in [0.3, 0.4) is 0 Å². The first-order valence-corrected chi connectivity index (χ1v) is 20.3. The molecule has 0 aliphatic heterocycles. The molecule has 0 bridgehead atoms. The van der Waals surface area contributed by atoms with Crippen molar-refractivity contribution in [3.05, 3.63) is 200 Å². The van der Waals surface area contributed by atoms with Gasteiger partial charge in [-0.2, -0.15) is 0 Å². The summed E-state index contributed by atoms with van der Waals surface area (Å²) in [6, 6.07) is 73.4. The van der Waals surface area contributed by atoms with Crippen LogP contribution in [0.1, 0.15) is 0 Å². The summed E-state index contributed by atoms with van der Waals surface area (Å²) in [5.74, 6) is 0. The Morgan fingerprint density at radius 2 is 0.873 bits per heavy atom. The fourth-order valence-electron chi connectivity index (χ4n) is 8.16. The first-order chi connectivity index (χ1) is 27.2. The fourth-order valence-corrected chi connectivity index (χ4v) is 10.4. The Labute approximate surface area is 327 Å². The summed E-state index contributed by atoms with van der Waals surface area (Å²) in [6.07, 6.45) is 0. The largest absolute Gasteiger partial charge is 0.310 e. The number of rotatable bonds is 6. The summed E-state index contributed by atoms with van der Waals surface area (Å²) >= 11 is 3.74. The van der Waals surface area contributed by atoms with E-state index in [1.54, 1.807) is 0 Å². The highest BCUT2D eigenvalue weighted by Gasteiger charge is 2.17. The van der Waals surface area contributed by atoms with Gasteiger partial charge >= 0.3 is 0 Å². The van der Waals surface area contributed by atoms with E-state index in [4.69, 9.17) is 0 Å². The molecule has 55 heavy (non-hydrogen) atoms. The maximum Gasteiger partial charge on any atom is 0.0467 e. The molecule has 0 aliphatic carbocycles. The number of hydrogen-bond acceptors (Lipinski definition) is 3. The van der Waals surface area contributed by atoms with Crippen LogP contribution < -0.4 is 4.90 Å². The minimum Gasteiger partial charge on any atom is -0.310 e. The maximum atomic E-state index is 2.38. The van der Waals surface area contributed by atoms with Crippen molar-refractivity contribution in [2.75, 3.05) is 4.90 Å². The molecule has 1 nitrogen and oxygen atoms in total. The topological polar surface area (TPSA) is 3.24 Å².